The van der Waals surface area contributed by atoms with Crippen LogP contribution in [0.1, 0.15) is 0 Å². The predicted molar refractivity (Wildman–Crippen MR) is 116 cm³/mol. The van der Waals surface area contributed by atoms with Crippen LogP contribution in [0.2, 0.25) is 0 Å². The summed E-state index contributed by atoms with van der Waals surface area (Å²) >= 11 is 0. The topological polar surface area (TPSA) is 105 Å². The Morgan fingerprint density at radius 2 is 1.53 bits per heavy atom. The Kier molecular flexibility index (Phi) is 4.21. The van der Waals surface area contributed by atoms with Crippen LogP contribution in [-0.4, -0.2) is 25.7 Å². The number of carbonyl (C=O) groups excluding carboxylic acids is 1. The Morgan fingerprint density at radius 3 is 2.33 bits per heavy atom. The Labute approximate surface area is 170 Å². The highest BCUT2D eigenvalue weighted by Crippen LogP contribution is 2.18. The minimum absolute atomic E-state index is 0.275. The molecule has 0 unspecified atom stereocenters. The second kappa shape index (κ2) is 7.17. The van der Waals surface area contributed by atoms with E-state index < -0.39 is 6.03 Å². The van der Waals surface area contributed by atoms with Crippen LogP contribution in [0.3, 0.4) is 0 Å². The number of nitrogens with zero attached hydrogens (tertiary/aromatic N) is 3. The number of amides is 2. The van der Waals surface area contributed by atoms with Crippen molar-refractivity contribution in [2.24, 2.45) is 0 Å². The number of carbonyl (C=O) groups is 1. The molecule has 0 aliphatic rings. The first-order valence-corrected chi connectivity index (χ1v) is 9.29. The molecule has 0 aliphatic carbocycles. The predicted octanol–water partition coefficient (Wildman–Crippen LogP) is 3.72. The van der Waals surface area contributed by atoms with Crippen molar-refractivity contribution in [1.82, 2.24) is 19.6 Å². The maximum absolute atomic E-state index is 13.1. The second-order valence-corrected chi connectivity index (χ2v) is 6.63. The third kappa shape index (κ3) is 3.16. The van der Waals surface area contributed by atoms with Gasteiger partial charge in [-0.2, -0.15) is 4.68 Å². The zero-order valence-electron chi connectivity index (χ0n) is 15.7. The molecule has 0 bridgehead atoms. The lowest BCUT2D eigenvalue weighted by molar-refractivity contribution is 0.259. The number of imidazole rings is 1. The van der Waals surface area contributed by atoms with E-state index in [0.29, 0.717) is 22.3 Å². The van der Waals surface area contributed by atoms with Gasteiger partial charge in [0.15, 0.2) is 5.82 Å². The van der Waals surface area contributed by atoms with Gasteiger partial charge in [-0.1, -0.05) is 54.6 Å². The van der Waals surface area contributed by atoms with Gasteiger partial charge >= 0.3 is 6.03 Å². The van der Waals surface area contributed by atoms with Gasteiger partial charge < -0.3 is 4.98 Å². The fourth-order valence-corrected chi connectivity index (χ4v) is 3.27. The molecular weight excluding hydrogens is 380 g/mol. The number of aromatic nitrogens is 4. The highest BCUT2D eigenvalue weighted by atomic mass is 16.2. The first-order chi connectivity index (χ1) is 14.7. The number of fused-ring (bicyclic) bond motifs is 2. The molecule has 0 spiro atoms. The number of aromatic amines is 1. The normalized spacial score (nSPS) is 10.9. The summed E-state index contributed by atoms with van der Waals surface area (Å²) in [6.45, 7) is 0. The number of para-hydroxylation sites is 3. The first-order valence-electron chi connectivity index (χ1n) is 9.29. The van der Waals surface area contributed by atoms with E-state index in [0.717, 1.165) is 15.7 Å². The molecule has 146 valence electrons. The standard InChI is InChI=1S/C22H16N6O2/c29-20-15-10-4-5-11-16(15)23-19(14-8-2-1-3-9-14)28(20)27-22(30)26-21-24-17-12-6-7-13-18(17)25-21/h1-13H,(H3,24,25,26,27,30). The summed E-state index contributed by atoms with van der Waals surface area (Å²) in [4.78, 5) is 37.7. The van der Waals surface area contributed by atoms with Crippen molar-refractivity contribution in [3.8, 4) is 11.4 Å². The molecule has 0 saturated heterocycles. The van der Waals surface area contributed by atoms with E-state index in [1.54, 1.807) is 18.2 Å². The summed E-state index contributed by atoms with van der Waals surface area (Å²) in [5, 5.41) is 3.03. The molecular formula is C22H16N6O2. The van der Waals surface area contributed by atoms with Gasteiger partial charge in [0.1, 0.15) is 0 Å². The van der Waals surface area contributed by atoms with Crippen molar-refractivity contribution >= 4 is 33.9 Å². The fraction of sp³-hybridized carbons (Fsp3) is 0. The van der Waals surface area contributed by atoms with Crippen molar-refractivity contribution in [3.63, 3.8) is 0 Å². The van der Waals surface area contributed by atoms with Crippen LogP contribution in [-0.2, 0) is 0 Å². The molecule has 5 aromatic rings. The number of urea groups is 1. The zero-order valence-corrected chi connectivity index (χ0v) is 15.7. The lowest BCUT2D eigenvalue weighted by Crippen LogP contribution is -2.37. The molecule has 0 atom stereocenters. The molecule has 3 aromatic carbocycles. The molecule has 30 heavy (non-hydrogen) atoms. The molecule has 0 radical (unpaired) electrons. The molecule has 8 nitrogen and oxygen atoms in total. The zero-order chi connectivity index (χ0) is 20.5. The summed E-state index contributed by atoms with van der Waals surface area (Å²) in [5.41, 5.74) is 4.99. The molecule has 8 heteroatoms. The quantitative estimate of drug-likeness (QED) is 0.432. The van der Waals surface area contributed by atoms with E-state index in [1.165, 1.54) is 0 Å². The number of hydrogen-bond acceptors (Lipinski definition) is 4. The minimum atomic E-state index is -0.620. The number of rotatable bonds is 3. The maximum atomic E-state index is 13.1. The van der Waals surface area contributed by atoms with Crippen LogP contribution in [0.15, 0.2) is 83.7 Å². The van der Waals surface area contributed by atoms with Crippen LogP contribution in [0.5, 0.6) is 0 Å². The average molecular weight is 396 g/mol. The van der Waals surface area contributed by atoms with Crippen molar-refractivity contribution in [2.75, 3.05) is 10.7 Å². The van der Waals surface area contributed by atoms with Crippen LogP contribution in [0.25, 0.3) is 33.3 Å². The van der Waals surface area contributed by atoms with Crippen LogP contribution in [0, 0.1) is 0 Å². The van der Waals surface area contributed by atoms with Crippen LogP contribution < -0.4 is 16.3 Å². The highest BCUT2D eigenvalue weighted by Gasteiger charge is 2.15. The first kappa shape index (κ1) is 17.6. The van der Waals surface area contributed by atoms with Crippen molar-refractivity contribution < 1.29 is 4.79 Å². The van der Waals surface area contributed by atoms with E-state index in [1.807, 2.05) is 60.7 Å². The largest absolute Gasteiger partial charge is 0.340 e. The Bertz CT molecular complexity index is 1410. The number of nitrogens with one attached hydrogen (secondary N) is 3. The van der Waals surface area contributed by atoms with Gasteiger partial charge in [-0.15, -0.1) is 0 Å². The summed E-state index contributed by atoms with van der Waals surface area (Å²) in [6, 6.07) is 23.0. The van der Waals surface area contributed by atoms with Gasteiger partial charge in [-0.05, 0) is 24.3 Å². The van der Waals surface area contributed by atoms with Crippen LogP contribution in [0.4, 0.5) is 10.7 Å². The third-order valence-electron chi connectivity index (χ3n) is 4.64. The van der Waals surface area contributed by atoms with Crippen molar-refractivity contribution in [1.29, 1.82) is 0 Å². The lowest BCUT2D eigenvalue weighted by Gasteiger charge is -2.14. The third-order valence-corrected chi connectivity index (χ3v) is 4.64. The summed E-state index contributed by atoms with van der Waals surface area (Å²) < 4.78 is 1.15. The summed E-state index contributed by atoms with van der Waals surface area (Å²) in [7, 11) is 0. The fourth-order valence-electron chi connectivity index (χ4n) is 3.27. The molecule has 5 rings (SSSR count). The second-order valence-electron chi connectivity index (χ2n) is 6.63. The average Bonchev–Trinajstić information content (AvgIpc) is 3.18. The van der Waals surface area contributed by atoms with Gasteiger partial charge in [0.25, 0.3) is 5.56 Å². The van der Waals surface area contributed by atoms with Gasteiger partial charge in [0, 0.05) is 5.56 Å². The van der Waals surface area contributed by atoms with E-state index >= 15 is 0 Å². The smallest absolute Gasteiger partial charge is 0.324 e. The number of H-pyrrole nitrogens is 1. The monoisotopic (exact) mass is 396 g/mol. The van der Waals surface area contributed by atoms with Crippen molar-refractivity contribution in [2.45, 2.75) is 0 Å². The van der Waals surface area contributed by atoms with E-state index in [4.69, 9.17) is 0 Å². The Hall–Kier alpha value is -4.46. The molecule has 2 aromatic heterocycles. The maximum Gasteiger partial charge on any atom is 0.340 e. The van der Waals surface area contributed by atoms with E-state index in [2.05, 4.69) is 25.7 Å². The molecule has 0 saturated carbocycles. The molecule has 0 aliphatic heterocycles. The summed E-state index contributed by atoms with van der Waals surface area (Å²) in [6.07, 6.45) is 0. The Balaban J connectivity index is 1.54. The number of hydrogen-bond donors (Lipinski definition) is 3. The molecule has 2 amide bonds. The van der Waals surface area contributed by atoms with Gasteiger partial charge in [0.2, 0.25) is 5.95 Å². The number of anilines is 1. The van der Waals surface area contributed by atoms with Crippen molar-refractivity contribution in [3.05, 3.63) is 89.2 Å². The van der Waals surface area contributed by atoms with Gasteiger partial charge in [-0.3, -0.25) is 10.1 Å². The lowest BCUT2D eigenvalue weighted by atomic mass is 10.2. The van der Waals surface area contributed by atoms with Gasteiger partial charge in [-0.25, -0.2) is 20.2 Å². The highest BCUT2D eigenvalue weighted by molar-refractivity contribution is 5.95. The molecule has 2 heterocycles. The molecule has 0 fully saturated rings. The van der Waals surface area contributed by atoms with Gasteiger partial charge in [0.05, 0.1) is 21.9 Å². The number of benzene rings is 3. The minimum Gasteiger partial charge on any atom is -0.324 e. The summed E-state index contributed by atoms with van der Waals surface area (Å²) in [5.74, 6) is 0.607. The SMILES string of the molecule is O=C(Nc1nc2ccccc2[nH]1)Nn1c(-c2ccccc2)nc2ccccc2c1=O. The molecule has 3 N–H and O–H groups in total. The Morgan fingerprint density at radius 1 is 0.833 bits per heavy atom. The van der Waals surface area contributed by atoms with E-state index in [-0.39, 0.29) is 11.5 Å². The van der Waals surface area contributed by atoms with Crippen LogP contribution >= 0.6 is 0 Å². The van der Waals surface area contributed by atoms with E-state index in [9.17, 15) is 9.59 Å².